The van der Waals surface area contributed by atoms with Crippen molar-refractivity contribution in [1.82, 2.24) is 5.32 Å². The summed E-state index contributed by atoms with van der Waals surface area (Å²) in [5.41, 5.74) is 3.03. The molecule has 0 saturated carbocycles. The molecule has 1 N–H and O–H groups in total. The van der Waals surface area contributed by atoms with E-state index in [1.165, 1.54) is 5.56 Å². The zero-order chi connectivity index (χ0) is 14.5. The van der Waals surface area contributed by atoms with E-state index in [9.17, 15) is 4.39 Å². The molecule has 2 aromatic carbocycles. The topological polar surface area (TPSA) is 12.0 Å². The summed E-state index contributed by atoms with van der Waals surface area (Å²) in [5.74, 6) is 0.0937. The Balaban J connectivity index is 2.35. The van der Waals surface area contributed by atoms with Crippen LogP contribution in [0.25, 0.3) is 0 Å². The molecule has 1 nitrogen and oxygen atoms in total. The molecule has 0 aliphatic rings. The van der Waals surface area contributed by atoms with Crippen molar-refractivity contribution in [3.8, 4) is 0 Å². The van der Waals surface area contributed by atoms with Crippen molar-refractivity contribution in [3.05, 3.63) is 70.0 Å². The van der Waals surface area contributed by atoms with Gasteiger partial charge in [0.1, 0.15) is 5.82 Å². The maximum Gasteiger partial charge on any atom is 0.126 e. The number of rotatable bonds is 5. The zero-order valence-electron chi connectivity index (χ0n) is 11.8. The molecule has 0 aliphatic heterocycles. The third kappa shape index (κ3) is 3.59. The summed E-state index contributed by atoms with van der Waals surface area (Å²) in [6.45, 7) is 2.71. The second-order valence-corrected chi connectivity index (χ2v) is 5.44. The predicted octanol–water partition coefficient (Wildman–Crippen LogP) is 4.53. The van der Waals surface area contributed by atoms with E-state index in [2.05, 4.69) is 5.32 Å². The highest BCUT2D eigenvalue weighted by Gasteiger charge is 2.14. The standard InChI is InChI=1S/C17H19ClFN/c1-12-11-14(5-8-17(12)19)16(9-10-20-2)13-3-6-15(18)7-4-13/h3-8,11,16,20H,9-10H2,1-2H3. The van der Waals surface area contributed by atoms with Crippen LogP contribution in [0.2, 0.25) is 5.02 Å². The molecule has 0 fully saturated rings. The second kappa shape index (κ2) is 6.87. The van der Waals surface area contributed by atoms with E-state index in [0.717, 1.165) is 23.6 Å². The molecule has 106 valence electrons. The Kier molecular flexibility index (Phi) is 5.16. The van der Waals surface area contributed by atoms with E-state index < -0.39 is 0 Å². The zero-order valence-corrected chi connectivity index (χ0v) is 12.5. The smallest absolute Gasteiger partial charge is 0.126 e. The summed E-state index contributed by atoms with van der Waals surface area (Å²) in [7, 11) is 1.94. The van der Waals surface area contributed by atoms with E-state index in [0.29, 0.717) is 5.56 Å². The molecule has 0 bridgehead atoms. The minimum atomic E-state index is -0.155. The Morgan fingerprint density at radius 1 is 1.10 bits per heavy atom. The second-order valence-electron chi connectivity index (χ2n) is 5.00. The van der Waals surface area contributed by atoms with Crippen molar-refractivity contribution in [3.63, 3.8) is 0 Å². The molecular weight excluding hydrogens is 273 g/mol. The maximum atomic E-state index is 13.4. The fourth-order valence-corrected chi connectivity index (χ4v) is 2.52. The van der Waals surface area contributed by atoms with Crippen LogP contribution < -0.4 is 5.32 Å². The summed E-state index contributed by atoms with van der Waals surface area (Å²) in [6.07, 6.45) is 0.962. The van der Waals surface area contributed by atoms with E-state index in [1.807, 2.05) is 43.4 Å². The summed E-state index contributed by atoms with van der Waals surface area (Å²) < 4.78 is 13.4. The van der Waals surface area contributed by atoms with Crippen molar-refractivity contribution in [2.75, 3.05) is 13.6 Å². The molecule has 1 atom stereocenters. The minimum Gasteiger partial charge on any atom is -0.320 e. The van der Waals surface area contributed by atoms with Crippen LogP contribution in [0.4, 0.5) is 4.39 Å². The van der Waals surface area contributed by atoms with Gasteiger partial charge in [-0.05, 0) is 61.8 Å². The molecule has 1 unspecified atom stereocenters. The third-order valence-corrected chi connectivity index (χ3v) is 3.79. The summed E-state index contributed by atoms with van der Waals surface area (Å²) >= 11 is 5.95. The van der Waals surface area contributed by atoms with Crippen molar-refractivity contribution >= 4 is 11.6 Å². The summed E-state index contributed by atoms with van der Waals surface area (Å²) in [4.78, 5) is 0. The molecule has 3 heteroatoms. The van der Waals surface area contributed by atoms with E-state index >= 15 is 0 Å². The highest BCUT2D eigenvalue weighted by Crippen LogP contribution is 2.29. The predicted molar refractivity (Wildman–Crippen MR) is 83.0 cm³/mol. The monoisotopic (exact) mass is 291 g/mol. The Morgan fingerprint density at radius 2 is 1.75 bits per heavy atom. The van der Waals surface area contributed by atoms with Gasteiger partial charge in [0.25, 0.3) is 0 Å². The van der Waals surface area contributed by atoms with Gasteiger partial charge in [0.15, 0.2) is 0 Å². The molecule has 20 heavy (non-hydrogen) atoms. The first kappa shape index (κ1) is 15.0. The van der Waals surface area contributed by atoms with E-state index in [4.69, 9.17) is 11.6 Å². The average molecular weight is 292 g/mol. The van der Waals surface area contributed by atoms with Crippen LogP contribution in [0, 0.1) is 12.7 Å². The van der Waals surface area contributed by atoms with Gasteiger partial charge in [-0.25, -0.2) is 4.39 Å². The quantitative estimate of drug-likeness (QED) is 0.853. The molecule has 0 saturated heterocycles. The Bertz CT molecular complexity index is 566. The first-order valence-electron chi connectivity index (χ1n) is 6.78. The molecule has 2 aromatic rings. The largest absolute Gasteiger partial charge is 0.320 e. The maximum absolute atomic E-state index is 13.4. The summed E-state index contributed by atoms with van der Waals surface area (Å²) in [5, 5.41) is 3.91. The van der Waals surface area contributed by atoms with Gasteiger partial charge in [0.2, 0.25) is 0 Å². The molecule has 0 radical (unpaired) electrons. The van der Waals surface area contributed by atoms with Gasteiger partial charge < -0.3 is 5.32 Å². The Morgan fingerprint density at radius 3 is 2.35 bits per heavy atom. The van der Waals surface area contributed by atoms with Crippen LogP contribution in [0.3, 0.4) is 0 Å². The van der Waals surface area contributed by atoms with Crippen molar-refractivity contribution < 1.29 is 4.39 Å². The van der Waals surface area contributed by atoms with Crippen molar-refractivity contribution in [2.45, 2.75) is 19.3 Å². The first-order chi connectivity index (χ1) is 9.61. The van der Waals surface area contributed by atoms with Crippen molar-refractivity contribution in [2.24, 2.45) is 0 Å². The van der Waals surface area contributed by atoms with Crippen LogP contribution in [-0.2, 0) is 0 Å². The number of benzene rings is 2. The number of nitrogens with one attached hydrogen (secondary N) is 1. The molecule has 0 amide bonds. The van der Waals surface area contributed by atoms with Gasteiger partial charge in [-0.1, -0.05) is 35.9 Å². The SMILES string of the molecule is CNCCC(c1ccc(Cl)cc1)c1ccc(F)c(C)c1. The lowest BCUT2D eigenvalue weighted by Gasteiger charge is -2.19. The molecule has 0 aromatic heterocycles. The lowest BCUT2D eigenvalue weighted by Crippen LogP contribution is -2.13. The lowest BCUT2D eigenvalue weighted by molar-refractivity contribution is 0.613. The van der Waals surface area contributed by atoms with Crippen LogP contribution in [0.15, 0.2) is 42.5 Å². The van der Waals surface area contributed by atoms with Gasteiger partial charge in [-0.3, -0.25) is 0 Å². The highest BCUT2D eigenvalue weighted by molar-refractivity contribution is 6.30. The van der Waals surface area contributed by atoms with Crippen LogP contribution in [0.5, 0.6) is 0 Å². The van der Waals surface area contributed by atoms with Gasteiger partial charge in [0.05, 0.1) is 0 Å². The number of aryl methyl sites for hydroxylation is 1. The minimum absolute atomic E-state index is 0.155. The molecule has 2 rings (SSSR count). The first-order valence-corrected chi connectivity index (χ1v) is 7.15. The highest BCUT2D eigenvalue weighted by atomic mass is 35.5. The number of hydrogen-bond acceptors (Lipinski definition) is 1. The van der Waals surface area contributed by atoms with Crippen LogP contribution in [-0.4, -0.2) is 13.6 Å². The average Bonchev–Trinajstić information content (AvgIpc) is 2.45. The van der Waals surface area contributed by atoms with Gasteiger partial charge in [0, 0.05) is 10.9 Å². The molecule has 0 heterocycles. The van der Waals surface area contributed by atoms with E-state index in [1.54, 1.807) is 13.0 Å². The van der Waals surface area contributed by atoms with Gasteiger partial charge in [-0.15, -0.1) is 0 Å². The Hall–Kier alpha value is -1.38. The number of hydrogen-bond donors (Lipinski definition) is 1. The number of halogens is 2. The van der Waals surface area contributed by atoms with Crippen LogP contribution >= 0.6 is 11.6 Å². The molecular formula is C17H19ClFN. The normalized spacial score (nSPS) is 12.4. The van der Waals surface area contributed by atoms with E-state index in [-0.39, 0.29) is 11.7 Å². The lowest BCUT2D eigenvalue weighted by atomic mass is 9.88. The molecule has 0 aliphatic carbocycles. The molecule has 0 spiro atoms. The van der Waals surface area contributed by atoms with Gasteiger partial charge >= 0.3 is 0 Å². The van der Waals surface area contributed by atoms with Crippen LogP contribution in [0.1, 0.15) is 29.0 Å². The van der Waals surface area contributed by atoms with Crippen molar-refractivity contribution in [1.29, 1.82) is 0 Å². The fraction of sp³-hybridized carbons (Fsp3) is 0.294. The fourth-order valence-electron chi connectivity index (χ4n) is 2.39. The summed E-state index contributed by atoms with van der Waals surface area (Å²) in [6, 6.07) is 13.2. The third-order valence-electron chi connectivity index (χ3n) is 3.54. The Labute approximate surface area is 124 Å². The van der Waals surface area contributed by atoms with Gasteiger partial charge in [-0.2, -0.15) is 0 Å².